The third kappa shape index (κ3) is 2.54. The summed E-state index contributed by atoms with van der Waals surface area (Å²) in [6, 6.07) is 5.11. The van der Waals surface area contributed by atoms with Crippen molar-refractivity contribution in [1.82, 2.24) is 9.78 Å². The molecule has 8 heteroatoms. The second-order valence-electron chi connectivity index (χ2n) is 3.52. The molecular weight excluding hydrogens is 325 g/mol. The molecule has 0 spiro atoms. The summed E-state index contributed by atoms with van der Waals surface area (Å²) in [5, 5.41) is 3.83. The van der Waals surface area contributed by atoms with Gasteiger partial charge in [0, 0.05) is 13.1 Å². The van der Waals surface area contributed by atoms with Crippen LogP contribution in [-0.2, 0) is 17.1 Å². The van der Waals surface area contributed by atoms with E-state index < -0.39 is 15.8 Å². The van der Waals surface area contributed by atoms with E-state index >= 15 is 0 Å². The number of halogens is 2. The Labute approximate surface area is 112 Å². The number of sulfonamides is 1. The minimum Gasteiger partial charge on any atom is -0.264 e. The van der Waals surface area contributed by atoms with E-state index in [0.29, 0.717) is 5.82 Å². The lowest BCUT2D eigenvalue weighted by atomic mass is 10.3. The summed E-state index contributed by atoms with van der Waals surface area (Å²) < 4.78 is 41.2. The molecule has 0 saturated heterocycles. The van der Waals surface area contributed by atoms with E-state index in [0.717, 1.165) is 6.07 Å². The second kappa shape index (κ2) is 4.69. The zero-order valence-electron chi connectivity index (χ0n) is 9.26. The van der Waals surface area contributed by atoms with Crippen LogP contribution in [0.2, 0.25) is 0 Å². The molecule has 18 heavy (non-hydrogen) atoms. The molecule has 1 heterocycles. The van der Waals surface area contributed by atoms with E-state index in [9.17, 15) is 12.8 Å². The maximum absolute atomic E-state index is 13.3. The first-order valence-electron chi connectivity index (χ1n) is 4.86. The van der Waals surface area contributed by atoms with E-state index in [2.05, 4.69) is 25.8 Å². The van der Waals surface area contributed by atoms with Gasteiger partial charge in [0.05, 0.1) is 15.6 Å². The molecule has 2 rings (SSSR count). The molecule has 0 saturated carbocycles. The Morgan fingerprint density at radius 1 is 1.39 bits per heavy atom. The smallest absolute Gasteiger partial charge is 0.263 e. The molecular formula is C10H9BrFN3O2S. The lowest BCUT2D eigenvalue weighted by Gasteiger charge is -2.08. The molecule has 0 aliphatic carbocycles. The molecule has 0 bridgehead atoms. The molecule has 2 aromatic rings. The van der Waals surface area contributed by atoms with Crippen LogP contribution in [0.25, 0.3) is 0 Å². The van der Waals surface area contributed by atoms with Crippen molar-refractivity contribution in [3.05, 3.63) is 40.8 Å². The Hall–Kier alpha value is -1.41. The van der Waals surface area contributed by atoms with Crippen LogP contribution in [0, 0.1) is 5.82 Å². The van der Waals surface area contributed by atoms with Gasteiger partial charge in [-0.25, -0.2) is 12.8 Å². The van der Waals surface area contributed by atoms with E-state index in [1.165, 1.54) is 29.1 Å². The van der Waals surface area contributed by atoms with Gasteiger partial charge in [0.25, 0.3) is 10.0 Å². The third-order valence-electron chi connectivity index (χ3n) is 2.26. The van der Waals surface area contributed by atoms with Crippen molar-refractivity contribution in [2.45, 2.75) is 4.90 Å². The number of aromatic nitrogens is 2. The first-order chi connectivity index (χ1) is 8.40. The van der Waals surface area contributed by atoms with Crippen LogP contribution in [0.5, 0.6) is 0 Å². The van der Waals surface area contributed by atoms with Crippen molar-refractivity contribution >= 4 is 31.8 Å². The summed E-state index contributed by atoms with van der Waals surface area (Å²) in [6.07, 6.45) is 1.46. The van der Waals surface area contributed by atoms with Crippen molar-refractivity contribution in [3.63, 3.8) is 0 Å². The van der Waals surface area contributed by atoms with Gasteiger partial charge >= 0.3 is 0 Å². The molecule has 0 fully saturated rings. The molecule has 1 aromatic heterocycles. The first-order valence-corrected chi connectivity index (χ1v) is 7.13. The van der Waals surface area contributed by atoms with E-state index in [1.807, 2.05) is 0 Å². The highest BCUT2D eigenvalue weighted by molar-refractivity contribution is 9.10. The van der Waals surface area contributed by atoms with Crippen LogP contribution in [-0.4, -0.2) is 18.2 Å². The molecule has 0 radical (unpaired) electrons. The lowest BCUT2D eigenvalue weighted by Crippen LogP contribution is -2.15. The number of nitrogens with zero attached hydrogens (tertiary/aromatic N) is 2. The van der Waals surface area contributed by atoms with Crippen LogP contribution in [0.1, 0.15) is 0 Å². The molecule has 96 valence electrons. The summed E-state index contributed by atoms with van der Waals surface area (Å²) in [7, 11) is -2.22. The summed E-state index contributed by atoms with van der Waals surface area (Å²) in [5.41, 5.74) is 0. The predicted octanol–water partition coefficient (Wildman–Crippen LogP) is 2.12. The maximum atomic E-state index is 13.3. The lowest BCUT2D eigenvalue weighted by molar-refractivity contribution is 0.593. The highest BCUT2D eigenvalue weighted by Crippen LogP contribution is 2.21. The molecule has 1 aromatic carbocycles. The number of benzene rings is 1. The van der Waals surface area contributed by atoms with Gasteiger partial charge in [-0.1, -0.05) is 0 Å². The summed E-state index contributed by atoms with van der Waals surface area (Å²) in [6.45, 7) is 0. The SMILES string of the molecule is Cn1nccc1NS(=O)(=O)c1ccc(Br)c(F)c1. The monoisotopic (exact) mass is 333 g/mol. The average molecular weight is 334 g/mol. The largest absolute Gasteiger partial charge is 0.264 e. The summed E-state index contributed by atoms with van der Waals surface area (Å²) in [4.78, 5) is -0.149. The Balaban J connectivity index is 2.37. The number of hydrogen-bond donors (Lipinski definition) is 1. The van der Waals surface area contributed by atoms with Gasteiger partial charge in [-0.2, -0.15) is 5.10 Å². The van der Waals surface area contributed by atoms with Gasteiger partial charge in [0.15, 0.2) is 0 Å². The maximum Gasteiger partial charge on any atom is 0.263 e. The quantitative estimate of drug-likeness (QED) is 0.935. The average Bonchev–Trinajstić information content (AvgIpc) is 2.67. The van der Waals surface area contributed by atoms with Crippen molar-refractivity contribution < 1.29 is 12.8 Å². The Morgan fingerprint density at radius 3 is 2.67 bits per heavy atom. The molecule has 0 unspecified atom stereocenters. The molecule has 0 amide bonds. The van der Waals surface area contributed by atoms with Crippen molar-refractivity contribution in [1.29, 1.82) is 0 Å². The van der Waals surface area contributed by atoms with Gasteiger partial charge in [0.2, 0.25) is 0 Å². The second-order valence-corrected chi connectivity index (χ2v) is 6.06. The van der Waals surface area contributed by atoms with Gasteiger partial charge in [0.1, 0.15) is 11.6 Å². The first kappa shape index (κ1) is 13.0. The van der Waals surface area contributed by atoms with Gasteiger partial charge in [-0.05, 0) is 34.1 Å². The topological polar surface area (TPSA) is 64.0 Å². The van der Waals surface area contributed by atoms with Crippen LogP contribution < -0.4 is 4.72 Å². The normalized spacial score (nSPS) is 11.5. The zero-order valence-corrected chi connectivity index (χ0v) is 11.7. The number of rotatable bonds is 3. The minimum atomic E-state index is -3.82. The fraction of sp³-hybridized carbons (Fsp3) is 0.100. The van der Waals surface area contributed by atoms with Crippen molar-refractivity contribution in [2.75, 3.05) is 4.72 Å². The van der Waals surface area contributed by atoms with Gasteiger partial charge < -0.3 is 0 Å². The highest BCUT2D eigenvalue weighted by atomic mass is 79.9. The van der Waals surface area contributed by atoms with Crippen LogP contribution >= 0.6 is 15.9 Å². The van der Waals surface area contributed by atoms with Crippen LogP contribution in [0.4, 0.5) is 10.2 Å². The molecule has 5 nitrogen and oxygen atoms in total. The molecule has 0 aliphatic heterocycles. The van der Waals surface area contributed by atoms with Crippen LogP contribution in [0.3, 0.4) is 0 Å². The van der Waals surface area contributed by atoms with Crippen molar-refractivity contribution in [3.8, 4) is 0 Å². The fourth-order valence-corrected chi connectivity index (χ4v) is 2.66. The number of aryl methyl sites for hydroxylation is 1. The minimum absolute atomic E-state index is 0.149. The Bertz CT molecular complexity index is 684. The molecule has 0 atom stereocenters. The van der Waals surface area contributed by atoms with Crippen LogP contribution in [0.15, 0.2) is 39.8 Å². The van der Waals surface area contributed by atoms with Gasteiger partial charge in [-0.15, -0.1) is 0 Å². The number of hydrogen-bond acceptors (Lipinski definition) is 3. The standard InChI is InChI=1S/C10H9BrFN3O2S/c1-15-10(4-5-13-15)14-18(16,17)7-2-3-8(11)9(12)6-7/h2-6,14H,1H3. The zero-order chi connectivity index (χ0) is 13.3. The van der Waals surface area contributed by atoms with Crippen molar-refractivity contribution in [2.24, 2.45) is 7.05 Å². The Morgan fingerprint density at radius 2 is 2.11 bits per heavy atom. The number of anilines is 1. The van der Waals surface area contributed by atoms with E-state index in [1.54, 1.807) is 7.05 Å². The number of nitrogens with one attached hydrogen (secondary N) is 1. The highest BCUT2D eigenvalue weighted by Gasteiger charge is 2.17. The molecule has 0 aliphatic rings. The fourth-order valence-electron chi connectivity index (χ4n) is 1.31. The summed E-state index contributed by atoms with van der Waals surface area (Å²) >= 11 is 2.96. The summed E-state index contributed by atoms with van der Waals surface area (Å²) in [5.74, 6) is -0.332. The van der Waals surface area contributed by atoms with Gasteiger partial charge in [-0.3, -0.25) is 9.40 Å². The predicted molar refractivity (Wildman–Crippen MR) is 68.1 cm³/mol. The molecule has 1 N–H and O–H groups in total. The Kier molecular flexibility index (Phi) is 3.40. The third-order valence-corrected chi connectivity index (χ3v) is 4.26. The van der Waals surface area contributed by atoms with E-state index in [4.69, 9.17) is 0 Å². The van der Waals surface area contributed by atoms with E-state index in [-0.39, 0.29) is 9.37 Å².